The minimum atomic E-state index is -0.502. The van der Waals surface area contributed by atoms with Crippen molar-refractivity contribution in [1.29, 1.82) is 0 Å². The van der Waals surface area contributed by atoms with Gasteiger partial charge in [-0.05, 0) is 16.9 Å². The molecule has 0 aliphatic rings. The summed E-state index contributed by atoms with van der Waals surface area (Å²) < 4.78 is 0. The van der Waals surface area contributed by atoms with Crippen LogP contribution in [0.15, 0.2) is 65.7 Å². The van der Waals surface area contributed by atoms with Crippen molar-refractivity contribution in [2.45, 2.75) is 0 Å². The molecule has 2 aromatic carbocycles. The van der Waals surface area contributed by atoms with Crippen LogP contribution in [0.5, 0.6) is 0 Å². The number of hydrogen-bond donors (Lipinski definition) is 0. The number of benzene rings is 2. The first-order valence-corrected chi connectivity index (χ1v) is 8.34. The molecular formula is C15H16NPS. The van der Waals surface area contributed by atoms with E-state index in [1.54, 1.807) is 11.8 Å². The Labute approximate surface area is 114 Å². The van der Waals surface area contributed by atoms with Crippen molar-refractivity contribution in [1.82, 2.24) is 0 Å². The van der Waals surface area contributed by atoms with Crippen molar-refractivity contribution in [3.63, 3.8) is 0 Å². The van der Waals surface area contributed by atoms with Gasteiger partial charge in [0, 0.05) is 15.0 Å². The molecule has 0 radical (unpaired) electrons. The molecule has 0 aliphatic heterocycles. The minimum absolute atomic E-state index is 0.502. The van der Waals surface area contributed by atoms with Crippen LogP contribution in [0.1, 0.15) is 0 Å². The molecule has 0 atom stereocenters. The summed E-state index contributed by atoms with van der Waals surface area (Å²) in [6.07, 6.45) is 2.10. The monoisotopic (exact) mass is 273 g/mol. The van der Waals surface area contributed by atoms with Gasteiger partial charge in [-0.15, -0.1) is 11.8 Å². The number of aliphatic imine (C=N–C) groups is 1. The molecule has 0 aromatic heterocycles. The second-order valence-corrected chi connectivity index (χ2v) is 6.94. The fourth-order valence-electron chi connectivity index (χ4n) is 1.81. The van der Waals surface area contributed by atoms with Crippen LogP contribution in [0, 0.1) is 0 Å². The van der Waals surface area contributed by atoms with E-state index in [4.69, 9.17) is 0 Å². The fourth-order valence-corrected chi connectivity index (χ4v) is 5.23. The predicted molar refractivity (Wildman–Crippen MR) is 85.9 cm³/mol. The lowest BCUT2D eigenvalue weighted by molar-refractivity contribution is 1.48. The Hall–Kier alpha value is -1.11. The smallest absolute Gasteiger partial charge is 0.0984 e. The topological polar surface area (TPSA) is 12.4 Å². The lowest BCUT2D eigenvalue weighted by Crippen LogP contribution is -2.16. The van der Waals surface area contributed by atoms with E-state index in [2.05, 4.69) is 71.9 Å². The highest BCUT2D eigenvalue weighted by atomic mass is 32.2. The average Bonchev–Trinajstić information content (AvgIpc) is 2.46. The van der Waals surface area contributed by atoms with E-state index in [0.717, 1.165) is 0 Å². The summed E-state index contributed by atoms with van der Waals surface area (Å²) in [5.74, 6) is 0. The molecule has 0 saturated carbocycles. The summed E-state index contributed by atoms with van der Waals surface area (Å²) in [6, 6.07) is 21.3. The van der Waals surface area contributed by atoms with Gasteiger partial charge in [0.05, 0.1) is 4.78 Å². The van der Waals surface area contributed by atoms with E-state index in [9.17, 15) is 0 Å². The summed E-state index contributed by atoms with van der Waals surface area (Å²) in [6.45, 7) is 0. The van der Waals surface area contributed by atoms with Crippen molar-refractivity contribution >= 4 is 35.1 Å². The number of rotatable bonds is 3. The summed E-state index contributed by atoms with van der Waals surface area (Å²) in [5, 5.41) is 2.71. The first-order chi connectivity index (χ1) is 8.86. The van der Waals surface area contributed by atoms with E-state index in [1.165, 1.54) is 15.4 Å². The van der Waals surface area contributed by atoms with Crippen LogP contribution in [0.2, 0.25) is 0 Å². The standard InChI is InChI=1S/C15H16NPS/c1-16-15(18-2)17(13-9-5-3-6-10-13)14-11-7-4-8-12-14/h3-12H,1-2H3. The Balaban J connectivity index is 2.48. The molecule has 0 aliphatic carbocycles. The quantitative estimate of drug-likeness (QED) is 0.474. The molecule has 92 valence electrons. The largest absolute Gasteiger partial charge is 0.281 e. The maximum atomic E-state index is 4.47. The molecule has 0 N–H and O–H groups in total. The number of nitrogens with zero attached hydrogens (tertiary/aromatic N) is 1. The van der Waals surface area contributed by atoms with Gasteiger partial charge < -0.3 is 0 Å². The van der Waals surface area contributed by atoms with Gasteiger partial charge in [0.25, 0.3) is 0 Å². The van der Waals surface area contributed by atoms with Crippen molar-refractivity contribution in [3.8, 4) is 0 Å². The predicted octanol–water partition coefficient (Wildman–Crippen LogP) is 3.47. The molecule has 0 fully saturated rings. The first kappa shape index (κ1) is 13.3. The van der Waals surface area contributed by atoms with Gasteiger partial charge in [-0.25, -0.2) is 0 Å². The molecule has 0 spiro atoms. The van der Waals surface area contributed by atoms with Crippen LogP contribution < -0.4 is 10.6 Å². The third-order valence-electron chi connectivity index (χ3n) is 2.59. The Morgan fingerprint density at radius 3 is 1.67 bits per heavy atom. The maximum absolute atomic E-state index is 4.47. The third kappa shape index (κ3) is 3.01. The molecule has 0 heterocycles. The fraction of sp³-hybridized carbons (Fsp3) is 0.133. The second-order valence-electron chi connectivity index (χ2n) is 3.72. The van der Waals surface area contributed by atoms with Crippen LogP contribution in [0.4, 0.5) is 0 Å². The van der Waals surface area contributed by atoms with Gasteiger partial charge in [0.1, 0.15) is 0 Å². The first-order valence-electron chi connectivity index (χ1n) is 5.78. The Kier molecular flexibility index (Phi) is 4.98. The molecule has 0 amide bonds. The highest BCUT2D eigenvalue weighted by Crippen LogP contribution is 2.39. The van der Waals surface area contributed by atoms with Gasteiger partial charge in [-0.1, -0.05) is 60.7 Å². The van der Waals surface area contributed by atoms with Gasteiger partial charge in [0.2, 0.25) is 0 Å². The molecule has 2 rings (SSSR count). The summed E-state index contributed by atoms with van der Waals surface area (Å²) in [4.78, 5) is 5.68. The SMILES string of the molecule is CN=C(SC)P(c1ccccc1)c1ccccc1. The average molecular weight is 273 g/mol. The van der Waals surface area contributed by atoms with Crippen LogP contribution >= 0.6 is 19.7 Å². The molecule has 0 unspecified atom stereocenters. The molecular weight excluding hydrogens is 257 g/mol. The zero-order valence-electron chi connectivity index (χ0n) is 10.6. The van der Waals surface area contributed by atoms with Gasteiger partial charge in [-0.3, -0.25) is 4.99 Å². The van der Waals surface area contributed by atoms with E-state index >= 15 is 0 Å². The maximum Gasteiger partial charge on any atom is 0.0984 e. The van der Waals surface area contributed by atoms with Gasteiger partial charge in [0.15, 0.2) is 0 Å². The van der Waals surface area contributed by atoms with Crippen molar-refractivity contribution in [2.75, 3.05) is 13.3 Å². The molecule has 18 heavy (non-hydrogen) atoms. The zero-order chi connectivity index (χ0) is 12.8. The normalized spacial score (nSPS) is 11.8. The van der Waals surface area contributed by atoms with E-state index in [1.807, 2.05) is 7.05 Å². The third-order valence-corrected chi connectivity index (χ3v) is 6.45. The zero-order valence-corrected chi connectivity index (χ0v) is 12.3. The van der Waals surface area contributed by atoms with Crippen molar-refractivity contribution in [2.24, 2.45) is 4.99 Å². The van der Waals surface area contributed by atoms with Crippen LogP contribution in [-0.2, 0) is 0 Å². The second kappa shape index (κ2) is 6.72. The van der Waals surface area contributed by atoms with Crippen molar-refractivity contribution in [3.05, 3.63) is 60.7 Å². The van der Waals surface area contributed by atoms with E-state index in [-0.39, 0.29) is 0 Å². The molecule has 0 bridgehead atoms. The van der Waals surface area contributed by atoms with Gasteiger partial charge >= 0.3 is 0 Å². The molecule has 0 saturated heterocycles. The summed E-state index contributed by atoms with van der Waals surface area (Å²) >= 11 is 1.75. The summed E-state index contributed by atoms with van der Waals surface area (Å²) in [7, 11) is 1.38. The number of hydrogen-bond acceptors (Lipinski definition) is 2. The number of thioether (sulfide) groups is 1. The Morgan fingerprint density at radius 1 is 0.889 bits per heavy atom. The van der Waals surface area contributed by atoms with Crippen molar-refractivity contribution < 1.29 is 0 Å². The minimum Gasteiger partial charge on any atom is -0.281 e. The Bertz CT molecular complexity index is 471. The highest BCUT2D eigenvalue weighted by molar-refractivity contribution is 8.28. The van der Waals surface area contributed by atoms with Gasteiger partial charge in [-0.2, -0.15) is 0 Å². The summed E-state index contributed by atoms with van der Waals surface area (Å²) in [5.41, 5.74) is 0. The van der Waals surface area contributed by atoms with Crippen LogP contribution in [-0.4, -0.2) is 18.1 Å². The van der Waals surface area contributed by atoms with E-state index < -0.39 is 7.92 Å². The lowest BCUT2D eigenvalue weighted by atomic mass is 10.4. The molecule has 1 nitrogen and oxygen atoms in total. The molecule has 3 heteroatoms. The Morgan fingerprint density at radius 2 is 1.33 bits per heavy atom. The van der Waals surface area contributed by atoms with E-state index in [0.29, 0.717) is 0 Å². The highest BCUT2D eigenvalue weighted by Gasteiger charge is 2.18. The van der Waals surface area contributed by atoms with Crippen LogP contribution in [0.25, 0.3) is 0 Å². The van der Waals surface area contributed by atoms with Crippen LogP contribution in [0.3, 0.4) is 0 Å². The molecule has 2 aromatic rings. The lowest BCUT2D eigenvalue weighted by Gasteiger charge is -2.19.